The van der Waals surface area contributed by atoms with Gasteiger partial charge in [0.25, 0.3) is 0 Å². The zero-order chi connectivity index (χ0) is 13.5. The molecule has 1 amide bonds. The molecule has 4 nitrogen and oxygen atoms in total. The standard InChI is InChI=1S/C12H19ClN2O2S/c1-8(10-6-11(13)18-7-10)15-9(2)12(16)14-4-5-17-3/h6-9,15H,4-5H2,1-3H3,(H,14,16). The van der Waals surface area contributed by atoms with Gasteiger partial charge < -0.3 is 10.1 Å². The van der Waals surface area contributed by atoms with Crippen LogP contribution in [0.5, 0.6) is 0 Å². The largest absolute Gasteiger partial charge is 0.383 e. The van der Waals surface area contributed by atoms with E-state index < -0.39 is 0 Å². The van der Waals surface area contributed by atoms with Crippen LogP contribution in [0.15, 0.2) is 11.4 Å². The van der Waals surface area contributed by atoms with Gasteiger partial charge in [-0.05, 0) is 30.9 Å². The number of nitrogens with one attached hydrogen (secondary N) is 2. The number of hydrogen-bond acceptors (Lipinski definition) is 4. The molecule has 6 heteroatoms. The zero-order valence-corrected chi connectivity index (χ0v) is 12.4. The Bertz CT molecular complexity index is 384. The van der Waals surface area contributed by atoms with Crippen molar-refractivity contribution in [3.63, 3.8) is 0 Å². The maximum atomic E-state index is 11.7. The molecule has 0 aliphatic carbocycles. The van der Waals surface area contributed by atoms with E-state index in [1.807, 2.05) is 25.3 Å². The Hall–Kier alpha value is -0.620. The van der Waals surface area contributed by atoms with E-state index >= 15 is 0 Å². The zero-order valence-electron chi connectivity index (χ0n) is 10.8. The van der Waals surface area contributed by atoms with Crippen LogP contribution in [-0.4, -0.2) is 32.2 Å². The normalized spacial score (nSPS) is 14.2. The third-order valence-corrected chi connectivity index (χ3v) is 3.70. The van der Waals surface area contributed by atoms with Gasteiger partial charge >= 0.3 is 0 Å². The summed E-state index contributed by atoms with van der Waals surface area (Å²) in [7, 11) is 1.61. The highest BCUT2D eigenvalue weighted by Crippen LogP contribution is 2.24. The number of ether oxygens (including phenoxy) is 1. The number of carbonyl (C=O) groups excluding carboxylic acids is 1. The minimum Gasteiger partial charge on any atom is -0.383 e. The van der Waals surface area contributed by atoms with Crippen molar-refractivity contribution in [3.05, 3.63) is 21.3 Å². The van der Waals surface area contributed by atoms with E-state index in [4.69, 9.17) is 16.3 Å². The highest BCUT2D eigenvalue weighted by molar-refractivity contribution is 7.14. The lowest BCUT2D eigenvalue weighted by Gasteiger charge is -2.18. The van der Waals surface area contributed by atoms with Crippen LogP contribution in [0.25, 0.3) is 0 Å². The Morgan fingerprint density at radius 2 is 2.28 bits per heavy atom. The summed E-state index contributed by atoms with van der Waals surface area (Å²) in [5, 5.41) is 8.02. The summed E-state index contributed by atoms with van der Waals surface area (Å²) in [6, 6.07) is 1.76. The molecule has 0 radical (unpaired) electrons. The van der Waals surface area contributed by atoms with E-state index in [1.54, 1.807) is 7.11 Å². The van der Waals surface area contributed by atoms with Gasteiger partial charge in [-0.25, -0.2) is 0 Å². The molecule has 18 heavy (non-hydrogen) atoms. The van der Waals surface area contributed by atoms with Crippen LogP contribution < -0.4 is 10.6 Å². The quantitative estimate of drug-likeness (QED) is 0.757. The number of methoxy groups -OCH3 is 1. The van der Waals surface area contributed by atoms with E-state index in [0.29, 0.717) is 13.2 Å². The molecular weight excluding hydrogens is 272 g/mol. The molecule has 2 unspecified atom stereocenters. The van der Waals surface area contributed by atoms with Gasteiger partial charge in [0, 0.05) is 19.7 Å². The molecule has 0 aliphatic rings. The Balaban J connectivity index is 2.39. The molecule has 1 heterocycles. The van der Waals surface area contributed by atoms with Crippen LogP contribution >= 0.6 is 22.9 Å². The van der Waals surface area contributed by atoms with Crippen LogP contribution in [0, 0.1) is 0 Å². The summed E-state index contributed by atoms with van der Waals surface area (Å²) in [5.74, 6) is -0.0276. The first kappa shape index (κ1) is 15.4. The average Bonchev–Trinajstić information content (AvgIpc) is 2.76. The van der Waals surface area contributed by atoms with Gasteiger partial charge in [-0.15, -0.1) is 11.3 Å². The van der Waals surface area contributed by atoms with Gasteiger partial charge in [0.2, 0.25) is 5.91 Å². The van der Waals surface area contributed by atoms with Crippen molar-refractivity contribution >= 4 is 28.8 Å². The monoisotopic (exact) mass is 290 g/mol. The predicted molar refractivity (Wildman–Crippen MR) is 75.2 cm³/mol. The molecule has 0 saturated carbocycles. The topological polar surface area (TPSA) is 50.4 Å². The second-order valence-electron chi connectivity index (χ2n) is 4.08. The van der Waals surface area contributed by atoms with Crippen LogP contribution in [-0.2, 0) is 9.53 Å². The summed E-state index contributed by atoms with van der Waals surface area (Å²) >= 11 is 7.38. The van der Waals surface area contributed by atoms with E-state index in [2.05, 4.69) is 10.6 Å². The Kier molecular flexibility index (Phi) is 6.63. The molecule has 1 aromatic heterocycles. The summed E-state index contributed by atoms with van der Waals surface area (Å²) < 4.78 is 5.64. The highest BCUT2D eigenvalue weighted by Gasteiger charge is 2.16. The van der Waals surface area contributed by atoms with Crippen LogP contribution in [0.4, 0.5) is 0 Å². The van der Waals surface area contributed by atoms with Gasteiger partial charge in [0.15, 0.2) is 0 Å². The summed E-state index contributed by atoms with van der Waals surface area (Å²) in [4.78, 5) is 11.7. The molecule has 1 rings (SSSR count). The van der Waals surface area contributed by atoms with Crippen molar-refractivity contribution in [2.75, 3.05) is 20.3 Å². The SMILES string of the molecule is COCCNC(=O)C(C)NC(C)c1csc(Cl)c1. The van der Waals surface area contributed by atoms with Gasteiger partial charge in [-0.1, -0.05) is 11.6 Å². The number of thiophene rings is 1. The molecule has 0 aliphatic heterocycles. The van der Waals surface area contributed by atoms with Crippen LogP contribution in [0.3, 0.4) is 0 Å². The van der Waals surface area contributed by atoms with Crippen molar-refractivity contribution in [1.29, 1.82) is 0 Å². The number of halogens is 1. The van der Waals surface area contributed by atoms with Crippen molar-refractivity contribution in [2.24, 2.45) is 0 Å². The smallest absolute Gasteiger partial charge is 0.236 e. The third kappa shape index (κ3) is 4.94. The highest BCUT2D eigenvalue weighted by atomic mass is 35.5. The fourth-order valence-corrected chi connectivity index (χ4v) is 2.51. The van der Waals surface area contributed by atoms with E-state index in [0.717, 1.165) is 9.90 Å². The van der Waals surface area contributed by atoms with Gasteiger partial charge in [-0.2, -0.15) is 0 Å². The molecule has 1 aromatic rings. The number of carbonyl (C=O) groups is 1. The van der Waals surface area contributed by atoms with Crippen molar-refractivity contribution < 1.29 is 9.53 Å². The number of amides is 1. The first-order chi connectivity index (χ1) is 8.54. The van der Waals surface area contributed by atoms with Gasteiger partial charge in [0.1, 0.15) is 0 Å². The first-order valence-electron chi connectivity index (χ1n) is 5.81. The second-order valence-corrected chi connectivity index (χ2v) is 5.62. The lowest BCUT2D eigenvalue weighted by molar-refractivity contribution is -0.123. The average molecular weight is 291 g/mol. The van der Waals surface area contributed by atoms with E-state index in [-0.39, 0.29) is 18.0 Å². The first-order valence-corrected chi connectivity index (χ1v) is 7.07. The fourth-order valence-electron chi connectivity index (χ4n) is 1.53. The fraction of sp³-hybridized carbons (Fsp3) is 0.583. The van der Waals surface area contributed by atoms with E-state index in [1.165, 1.54) is 11.3 Å². The Morgan fingerprint density at radius 3 is 2.83 bits per heavy atom. The second kappa shape index (κ2) is 7.74. The van der Waals surface area contributed by atoms with Crippen molar-refractivity contribution in [3.8, 4) is 0 Å². The Labute approximate surface area is 117 Å². The van der Waals surface area contributed by atoms with Crippen molar-refractivity contribution in [2.45, 2.75) is 25.9 Å². The third-order valence-electron chi connectivity index (χ3n) is 2.59. The lowest BCUT2D eigenvalue weighted by atomic mass is 10.1. The van der Waals surface area contributed by atoms with Crippen LogP contribution in [0.2, 0.25) is 4.34 Å². The summed E-state index contributed by atoms with van der Waals surface area (Å²) in [6.07, 6.45) is 0. The molecule has 2 atom stereocenters. The molecule has 2 N–H and O–H groups in total. The van der Waals surface area contributed by atoms with Gasteiger partial charge in [0.05, 0.1) is 17.0 Å². The van der Waals surface area contributed by atoms with Crippen LogP contribution in [0.1, 0.15) is 25.5 Å². The number of rotatable bonds is 7. The minimum atomic E-state index is -0.254. The molecule has 0 spiro atoms. The molecule has 102 valence electrons. The maximum Gasteiger partial charge on any atom is 0.236 e. The molecule has 0 saturated heterocycles. The molecule has 0 aromatic carbocycles. The summed E-state index contributed by atoms with van der Waals surface area (Å²) in [5.41, 5.74) is 1.10. The molecule has 0 bridgehead atoms. The molecule has 0 fully saturated rings. The van der Waals surface area contributed by atoms with Gasteiger partial charge in [-0.3, -0.25) is 10.1 Å². The van der Waals surface area contributed by atoms with E-state index in [9.17, 15) is 4.79 Å². The lowest BCUT2D eigenvalue weighted by Crippen LogP contribution is -2.43. The molecular formula is C12H19ClN2O2S. The maximum absolute atomic E-state index is 11.7. The Morgan fingerprint density at radius 1 is 1.56 bits per heavy atom. The predicted octanol–water partition coefficient (Wildman–Crippen LogP) is 2.20. The van der Waals surface area contributed by atoms with Crippen molar-refractivity contribution in [1.82, 2.24) is 10.6 Å². The summed E-state index contributed by atoms with van der Waals surface area (Å²) in [6.45, 7) is 4.90. The number of hydrogen-bond donors (Lipinski definition) is 2. The minimum absolute atomic E-state index is 0.0276.